The van der Waals surface area contributed by atoms with Crippen LogP contribution in [0.2, 0.25) is 5.02 Å². The third-order valence-corrected chi connectivity index (χ3v) is 7.25. The number of hydrogen-bond donors (Lipinski definition) is 1. The van der Waals surface area contributed by atoms with Crippen molar-refractivity contribution in [2.75, 3.05) is 7.11 Å². The van der Waals surface area contributed by atoms with Gasteiger partial charge in [-0.25, -0.2) is 27.5 Å². The maximum absolute atomic E-state index is 14.8. The fraction of sp³-hybridized carbons (Fsp3) is 0.333. The number of carbonyl (C=O) groups excluding carboxylic acids is 1. The average molecular weight is 560 g/mol. The number of nitrogens with zero attached hydrogens (tertiary/aromatic N) is 4. The van der Waals surface area contributed by atoms with Gasteiger partial charge < -0.3 is 10.1 Å². The van der Waals surface area contributed by atoms with Crippen molar-refractivity contribution < 1.29 is 22.7 Å². The second-order valence-corrected chi connectivity index (χ2v) is 9.91. The van der Waals surface area contributed by atoms with E-state index in [9.17, 15) is 22.8 Å². The Balaban J connectivity index is 1.33. The Morgan fingerprint density at radius 3 is 2.67 bits per heavy atom. The van der Waals surface area contributed by atoms with Crippen LogP contribution in [-0.2, 0) is 6.54 Å². The minimum atomic E-state index is -2.90. The first-order chi connectivity index (χ1) is 18.8. The van der Waals surface area contributed by atoms with E-state index in [1.165, 1.54) is 35.9 Å². The van der Waals surface area contributed by atoms with Crippen molar-refractivity contribution in [1.82, 2.24) is 24.4 Å². The van der Waals surface area contributed by atoms with E-state index in [2.05, 4.69) is 15.3 Å². The predicted molar refractivity (Wildman–Crippen MR) is 139 cm³/mol. The Morgan fingerprint density at radius 1 is 1.18 bits per heavy atom. The predicted octanol–water partition coefficient (Wildman–Crippen LogP) is 5.31. The molecule has 3 aromatic heterocycles. The van der Waals surface area contributed by atoms with Crippen molar-refractivity contribution in [2.45, 2.75) is 44.7 Å². The van der Waals surface area contributed by atoms with E-state index in [1.807, 2.05) is 0 Å². The third kappa shape index (κ3) is 5.36. The highest BCUT2D eigenvalue weighted by molar-refractivity contribution is 6.30. The summed E-state index contributed by atoms with van der Waals surface area (Å²) in [4.78, 5) is 34.2. The first-order valence-corrected chi connectivity index (χ1v) is 12.8. The summed E-state index contributed by atoms with van der Waals surface area (Å²) in [7, 11) is 1.46. The number of rotatable bonds is 7. The first-order valence-electron chi connectivity index (χ1n) is 12.4. The van der Waals surface area contributed by atoms with E-state index in [4.69, 9.17) is 16.3 Å². The highest BCUT2D eigenvalue weighted by Crippen LogP contribution is 2.29. The molecule has 0 unspecified atom stereocenters. The number of ether oxygens (including phenoxy) is 1. The molecule has 0 aliphatic heterocycles. The standard InChI is InChI=1S/C27H25ClF3N5O3/c1-39-18-8-9-20(29)22(12-18)36-25-21(3-2-10-32-25)35(27(36)38)14-15-4-6-17(7-5-15)34-26(37)19-11-16(28)13-33-23(19)24(30)31/h2-3,8-13,15,17,24H,4-7,14H2,1H3,(H,34,37). The van der Waals surface area contributed by atoms with E-state index in [-0.39, 0.29) is 28.2 Å². The van der Waals surface area contributed by atoms with Crippen LogP contribution in [0.15, 0.2) is 53.6 Å². The van der Waals surface area contributed by atoms with Gasteiger partial charge in [0, 0.05) is 31.0 Å². The van der Waals surface area contributed by atoms with Crippen LogP contribution in [0.3, 0.4) is 0 Å². The van der Waals surface area contributed by atoms with Crippen LogP contribution in [0.4, 0.5) is 13.2 Å². The lowest BCUT2D eigenvalue weighted by Crippen LogP contribution is -2.39. The summed E-state index contributed by atoms with van der Waals surface area (Å²) in [6.07, 6.45) is 2.31. The lowest BCUT2D eigenvalue weighted by atomic mass is 9.85. The second-order valence-electron chi connectivity index (χ2n) is 9.47. The molecule has 12 heteroatoms. The third-order valence-electron chi connectivity index (χ3n) is 7.04. The molecule has 1 N–H and O–H groups in total. The number of benzene rings is 1. The normalized spacial score (nSPS) is 17.5. The van der Waals surface area contributed by atoms with Gasteiger partial charge in [-0.15, -0.1) is 0 Å². The summed E-state index contributed by atoms with van der Waals surface area (Å²) in [5.41, 5.74) is -0.307. The molecular formula is C27H25ClF3N5O3. The first kappa shape index (κ1) is 26.7. The molecule has 1 aliphatic rings. The van der Waals surface area contributed by atoms with Gasteiger partial charge in [-0.1, -0.05) is 11.6 Å². The molecule has 0 bridgehead atoms. The van der Waals surface area contributed by atoms with Crippen LogP contribution in [0.5, 0.6) is 5.75 Å². The van der Waals surface area contributed by atoms with E-state index in [0.29, 0.717) is 49.1 Å². The van der Waals surface area contributed by atoms with Crippen molar-refractivity contribution >= 4 is 28.7 Å². The highest BCUT2D eigenvalue weighted by atomic mass is 35.5. The number of aromatic nitrogens is 4. The smallest absolute Gasteiger partial charge is 0.335 e. The van der Waals surface area contributed by atoms with Crippen LogP contribution < -0.4 is 15.7 Å². The van der Waals surface area contributed by atoms with E-state index >= 15 is 0 Å². The van der Waals surface area contributed by atoms with Gasteiger partial charge in [0.15, 0.2) is 5.65 Å². The van der Waals surface area contributed by atoms with Crippen LogP contribution >= 0.6 is 11.6 Å². The Morgan fingerprint density at radius 2 is 1.95 bits per heavy atom. The van der Waals surface area contributed by atoms with Crippen LogP contribution in [0.25, 0.3) is 16.9 Å². The van der Waals surface area contributed by atoms with Crippen molar-refractivity contribution in [2.24, 2.45) is 5.92 Å². The Hall–Kier alpha value is -3.86. The monoisotopic (exact) mass is 559 g/mol. The Labute approximate surface area is 226 Å². The van der Waals surface area contributed by atoms with Gasteiger partial charge >= 0.3 is 5.69 Å². The van der Waals surface area contributed by atoms with E-state index in [1.54, 1.807) is 22.9 Å². The van der Waals surface area contributed by atoms with Gasteiger partial charge in [0.25, 0.3) is 12.3 Å². The number of halogens is 4. The summed E-state index contributed by atoms with van der Waals surface area (Å²) in [5, 5.41) is 2.92. The lowest BCUT2D eigenvalue weighted by Gasteiger charge is -2.29. The topological polar surface area (TPSA) is 91.0 Å². The molecule has 8 nitrogen and oxygen atoms in total. The number of pyridine rings is 2. The molecule has 1 amide bonds. The van der Waals surface area contributed by atoms with E-state index in [0.717, 1.165) is 6.20 Å². The number of amides is 1. The van der Waals surface area contributed by atoms with Gasteiger partial charge in [0.05, 0.1) is 28.9 Å². The van der Waals surface area contributed by atoms with Gasteiger partial charge in [-0.05, 0) is 61.9 Å². The fourth-order valence-electron chi connectivity index (χ4n) is 5.09. The molecule has 0 atom stereocenters. The molecule has 1 saturated carbocycles. The number of alkyl halides is 2. The molecule has 4 aromatic rings. The zero-order valence-electron chi connectivity index (χ0n) is 20.9. The number of imidazole rings is 1. The lowest BCUT2D eigenvalue weighted by molar-refractivity contribution is 0.0904. The van der Waals surface area contributed by atoms with Crippen molar-refractivity contribution in [1.29, 1.82) is 0 Å². The highest BCUT2D eigenvalue weighted by Gasteiger charge is 2.28. The zero-order chi connectivity index (χ0) is 27.7. The largest absolute Gasteiger partial charge is 0.497 e. The second kappa shape index (κ2) is 11.1. The van der Waals surface area contributed by atoms with Gasteiger partial charge in [-0.2, -0.15) is 0 Å². The van der Waals surface area contributed by atoms with Gasteiger partial charge in [0.1, 0.15) is 17.3 Å². The Kier molecular flexibility index (Phi) is 7.60. The molecule has 3 heterocycles. The average Bonchev–Trinajstić information content (AvgIpc) is 3.20. The van der Waals surface area contributed by atoms with Crippen molar-refractivity contribution in [3.63, 3.8) is 0 Å². The van der Waals surface area contributed by atoms with Crippen LogP contribution in [0, 0.1) is 11.7 Å². The van der Waals surface area contributed by atoms with Crippen molar-refractivity contribution in [3.05, 3.63) is 81.4 Å². The number of hydrogen-bond acceptors (Lipinski definition) is 5. The zero-order valence-corrected chi connectivity index (χ0v) is 21.7. The van der Waals surface area contributed by atoms with E-state index < -0.39 is 29.5 Å². The van der Waals surface area contributed by atoms with Crippen LogP contribution in [-0.4, -0.2) is 38.2 Å². The number of methoxy groups -OCH3 is 1. The summed E-state index contributed by atoms with van der Waals surface area (Å²) < 4.78 is 49.5. The maximum atomic E-state index is 14.8. The molecule has 0 radical (unpaired) electrons. The number of carbonyl (C=O) groups is 1. The summed E-state index contributed by atoms with van der Waals surface area (Å²) in [6.45, 7) is 0.383. The molecule has 39 heavy (non-hydrogen) atoms. The fourth-order valence-corrected chi connectivity index (χ4v) is 5.24. The molecule has 1 fully saturated rings. The number of fused-ring (bicyclic) bond motifs is 1. The van der Waals surface area contributed by atoms with Gasteiger partial charge in [0.2, 0.25) is 0 Å². The molecule has 5 rings (SSSR count). The van der Waals surface area contributed by atoms with Gasteiger partial charge in [-0.3, -0.25) is 14.3 Å². The SMILES string of the molecule is COc1ccc(F)c(-n2c(=O)n(CC3CCC(NC(=O)c4cc(Cl)cnc4C(F)F)CC3)c3cccnc32)c1. The molecule has 204 valence electrons. The minimum absolute atomic E-state index is 0.0480. The molecule has 1 aromatic carbocycles. The molecule has 1 aliphatic carbocycles. The summed E-state index contributed by atoms with van der Waals surface area (Å²) in [5.74, 6) is -0.711. The summed E-state index contributed by atoms with van der Waals surface area (Å²) in [6, 6.07) is 8.63. The molecular weight excluding hydrogens is 535 g/mol. The summed E-state index contributed by atoms with van der Waals surface area (Å²) >= 11 is 5.87. The molecule has 0 saturated heterocycles. The van der Waals surface area contributed by atoms with Crippen LogP contribution in [0.1, 0.15) is 48.2 Å². The minimum Gasteiger partial charge on any atom is -0.497 e. The Bertz CT molecular complexity index is 1580. The maximum Gasteiger partial charge on any atom is 0.335 e. The number of nitrogens with one attached hydrogen (secondary N) is 1. The molecule has 0 spiro atoms. The van der Waals surface area contributed by atoms with Crippen molar-refractivity contribution in [3.8, 4) is 11.4 Å². The quantitative estimate of drug-likeness (QED) is 0.331.